The quantitative estimate of drug-likeness (QED) is 0.124. The Balaban J connectivity index is 0.000000212. The number of carbonyl (C=O) groups is 2. The maximum Gasteiger partial charge on any atom is 0.319 e. The summed E-state index contributed by atoms with van der Waals surface area (Å²) in [6.45, 7) is 26.8. The Bertz CT molecular complexity index is 2050. The zero-order valence-corrected chi connectivity index (χ0v) is 39.0. The summed E-state index contributed by atoms with van der Waals surface area (Å²) in [4.78, 5) is 53.6. The van der Waals surface area contributed by atoms with Crippen LogP contribution in [-0.4, -0.2) is 133 Å². The molecule has 0 aliphatic carbocycles. The van der Waals surface area contributed by atoms with E-state index in [-0.39, 0.29) is 43.7 Å². The van der Waals surface area contributed by atoms with Crippen LogP contribution >= 0.6 is 0 Å². The Labute approximate surface area is 386 Å². The van der Waals surface area contributed by atoms with Crippen LogP contribution in [0.4, 0.5) is 32.6 Å². The third kappa shape index (κ3) is 11.3. The van der Waals surface area contributed by atoms with Crippen molar-refractivity contribution in [3.63, 3.8) is 0 Å². The van der Waals surface area contributed by atoms with Gasteiger partial charge in [0.1, 0.15) is 11.6 Å². The summed E-state index contributed by atoms with van der Waals surface area (Å²) in [7, 11) is 0. The largest absolute Gasteiger partial charge is 0.377 e. The summed E-state index contributed by atoms with van der Waals surface area (Å²) in [6.07, 6.45) is 1.92. The van der Waals surface area contributed by atoms with Crippen molar-refractivity contribution in [1.29, 1.82) is 0 Å². The van der Waals surface area contributed by atoms with Gasteiger partial charge in [0.15, 0.2) is 11.6 Å². The molecule has 4 atom stereocenters. The summed E-state index contributed by atoms with van der Waals surface area (Å²) >= 11 is 0. The van der Waals surface area contributed by atoms with Gasteiger partial charge in [-0.3, -0.25) is 9.80 Å². The van der Waals surface area contributed by atoms with Gasteiger partial charge in [-0.1, -0.05) is 21.3 Å². The SMILES string of the molecule is C.CCNC(=O)Nc1ccc(-c2nc3c(c(N4CCOC[C@@H]4C)n2)CCN(CC)[C@@H]3C)cc1.CCNC(=O)Nc1ccc(-c2nc3c(c(N4CCOC[C@@H]4C)n2)CCN(CC)[C@H]3C)cc1. The first-order valence-corrected chi connectivity index (χ1v) is 23.3. The predicted octanol–water partition coefficient (Wildman–Crippen LogP) is 7.53. The number of hydrogen-bond acceptors (Lipinski definition) is 12. The van der Waals surface area contributed by atoms with Gasteiger partial charge in [-0.15, -0.1) is 0 Å². The number of nitrogens with one attached hydrogen (secondary N) is 4. The lowest BCUT2D eigenvalue weighted by Gasteiger charge is -2.39. The number of anilines is 4. The van der Waals surface area contributed by atoms with Gasteiger partial charge >= 0.3 is 12.1 Å². The number of ether oxygens (including phenoxy) is 2. The molecular formula is C49H72N12O4. The predicted molar refractivity (Wildman–Crippen MR) is 261 cm³/mol. The molecule has 4 aliphatic heterocycles. The van der Waals surface area contributed by atoms with Gasteiger partial charge in [0.25, 0.3) is 0 Å². The number of rotatable bonds is 10. The van der Waals surface area contributed by atoms with Crippen molar-refractivity contribution in [2.24, 2.45) is 0 Å². The molecule has 0 radical (unpaired) electrons. The van der Waals surface area contributed by atoms with Crippen LogP contribution in [0, 0.1) is 0 Å². The van der Waals surface area contributed by atoms with Gasteiger partial charge in [-0.2, -0.15) is 0 Å². The molecule has 0 bridgehead atoms. The number of fused-ring (bicyclic) bond motifs is 2. The average Bonchev–Trinajstić information content (AvgIpc) is 3.30. The molecule has 0 spiro atoms. The van der Waals surface area contributed by atoms with Crippen LogP contribution in [0.1, 0.15) is 97.4 Å². The number of hydrogen-bond donors (Lipinski definition) is 4. The maximum absolute atomic E-state index is 11.8. The molecule has 4 aromatic rings. The molecule has 0 unspecified atom stereocenters. The van der Waals surface area contributed by atoms with E-state index in [2.05, 4.69) is 82.4 Å². The molecule has 8 rings (SSSR count). The fraction of sp³-hybridized carbons (Fsp3) is 0.551. The minimum Gasteiger partial charge on any atom is -0.377 e. The molecule has 2 fully saturated rings. The molecule has 2 aromatic heterocycles. The van der Waals surface area contributed by atoms with Crippen molar-refractivity contribution in [2.45, 2.75) is 99.8 Å². The minimum absolute atomic E-state index is 0. The first kappa shape index (κ1) is 49.0. The van der Waals surface area contributed by atoms with E-state index in [4.69, 9.17) is 29.4 Å². The van der Waals surface area contributed by atoms with Crippen molar-refractivity contribution in [3.8, 4) is 22.8 Å². The van der Waals surface area contributed by atoms with Crippen LogP contribution < -0.4 is 31.1 Å². The molecule has 0 saturated carbocycles. The van der Waals surface area contributed by atoms with Crippen LogP contribution in [0.5, 0.6) is 0 Å². The second kappa shape index (κ2) is 22.7. The third-order valence-electron chi connectivity index (χ3n) is 12.8. The number of likely N-dealkylation sites (N-methyl/N-ethyl adjacent to an activating group) is 2. The minimum atomic E-state index is -0.206. The third-order valence-corrected chi connectivity index (χ3v) is 12.8. The number of nitrogens with zero attached hydrogens (tertiary/aromatic N) is 8. The van der Waals surface area contributed by atoms with Crippen LogP contribution in [0.25, 0.3) is 22.8 Å². The number of morpholine rings is 2. The van der Waals surface area contributed by atoms with E-state index >= 15 is 0 Å². The standard InChI is InChI=1S/2C24H34N6O2.CH4/c2*1-5-25-24(31)26-19-9-7-18(8-10-19)22-27-21-17(4)29(6-2)12-11-20(21)23(28-22)30-13-14-32-15-16(30)3;/h2*7-10,16-17H,5-6,11-15H2,1-4H3,(H2,25,26,31);1H4/t16-,17+;16-,17-;/m00./s1. The summed E-state index contributed by atoms with van der Waals surface area (Å²) in [6, 6.07) is 16.1. The van der Waals surface area contributed by atoms with Gasteiger partial charge < -0.3 is 40.5 Å². The second-order valence-electron chi connectivity index (χ2n) is 16.9. The van der Waals surface area contributed by atoms with Crippen LogP contribution in [0.2, 0.25) is 0 Å². The fourth-order valence-corrected chi connectivity index (χ4v) is 9.15. The van der Waals surface area contributed by atoms with Gasteiger partial charge in [0.2, 0.25) is 0 Å². The van der Waals surface area contributed by atoms with Gasteiger partial charge in [-0.05, 0) is 116 Å². The Morgan fingerprint density at radius 1 is 0.585 bits per heavy atom. The lowest BCUT2D eigenvalue weighted by atomic mass is 9.97. The Hall–Kier alpha value is -5.42. The Morgan fingerprint density at radius 2 is 0.969 bits per heavy atom. The number of urea groups is 2. The van der Waals surface area contributed by atoms with E-state index in [9.17, 15) is 9.59 Å². The zero-order valence-electron chi connectivity index (χ0n) is 39.0. The van der Waals surface area contributed by atoms with Crippen LogP contribution in [0.15, 0.2) is 48.5 Å². The van der Waals surface area contributed by atoms with Crippen molar-refractivity contribution >= 4 is 35.1 Å². The highest BCUT2D eigenvalue weighted by atomic mass is 16.5. The smallest absolute Gasteiger partial charge is 0.319 e. The topological polar surface area (TPSA) is 165 Å². The highest BCUT2D eigenvalue weighted by molar-refractivity contribution is 5.90. The van der Waals surface area contributed by atoms with Crippen molar-refractivity contribution in [2.75, 3.05) is 99.2 Å². The molecule has 4 N–H and O–H groups in total. The Morgan fingerprint density at radius 3 is 1.31 bits per heavy atom. The van der Waals surface area contributed by atoms with E-state index in [1.165, 1.54) is 11.1 Å². The lowest BCUT2D eigenvalue weighted by molar-refractivity contribution is 0.0982. The van der Waals surface area contributed by atoms with Gasteiger partial charge in [-0.25, -0.2) is 29.5 Å². The van der Waals surface area contributed by atoms with E-state index in [0.717, 1.165) is 122 Å². The van der Waals surface area contributed by atoms with Crippen LogP contribution in [-0.2, 0) is 22.3 Å². The van der Waals surface area contributed by atoms with Crippen LogP contribution in [0.3, 0.4) is 0 Å². The molecule has 16 heteroatoms. The molecule has 2 saturated heterocycles. The van der Waals surface area contributed by atoms with E-state index in [0.29, 0.717) is 26.3 Å². The van der Waals surface area contributed by atoms with E-state index in [1.807, 2.05) is 62.4 Å². The van der Waals surface area contributed by atoms with E-state index < -0.39 is 0 Å². The number of carbonyl (C=O) groups excluding carboxylic acids is 2. The molecule has 4 amide bonds. The van der Waals surface area contributed by atoms with Crippen molar-refractivity contribution < 1.29 is 19.1 Å². The van der Waals surface area contributed by atoms with Gasteiger partial charge in [0.05, 0.1) is 49.9 Å². The summed E-state index contributed by atoms with van der Waals surface area (Å²) in [5.41, 5.74) is 8.16. The maximum atomic E-state index is 11.8. The molecule has 352 valence electrons. The highest BCUT2D eigenvalue weighted by Gasteiger charge is 2.34. The first-order valence-electron chi connectivity index (χ1n) is 23.3. The fourth-order valence-electron chi connectivity index (χ4n) is 9.15. The highest BCUT2D eigenvalue weighted by Crippen LogP contribution is 2.38. The number of amides is 4. The molecule has 65 heavy (non-hydrogen) atoms. The average molecular weight is 893 g/mol. The first-order chi connectivity index (χ1) is 31.0. The molecular weight excluding hydrogens is 821 g/mol. The normalized spacial score (nSPS) is 20.9. The van der Waals surface area contributed by atoms with Crippen molar-refractivity contribution in [3.05, 3.63) is 71.0 Å². The molecule has 2 aromatic carbocycles. The lowest BCUT2D eigenvalue weighted by Crippen LogP contribution is -2.45. The summed E-state index contributed by atoms with van der Waals surface area (Å²) in [5.74, 6) is 3.56. The summed E-state index contributed by atoms with van der Waals surface area (Å²) < 4.78 is 11.4. The van der Waals surface area contributed by atoms with Gasteiger partial charge in [0, 0.05) is 85.0 Å². The zero-order chi connectivity index (χ0) is 45.3. The summed E-state index contributed by atoms with van der Waals surface area (Å²) in [5, 5.41) is 11.2. The van der Waals surface area contributed by atoms with Crippen molar-refractivity contribution in [1.82, 2.24) is 40.4 Å². The van der Waals surface area contributed by atoms with E-state index in [1.54, 1.807) is 0 Å². The Kier molecular flexibility index (Phi) is 17.1. The molecule has 16 nitrogen and oxygen atoms in total. The second-order valence-corrected chi connectivity index (χ2v) is 16.9. The molecule has 4 aliphatic rings. The monoisotopic (exact) mass is 893 g/mol. The number of aromatic nitrogens is 4. The number of benzene rings is 2. The molecule has 6 heterocycles.